The van der Waals surface area contributed by atoms with E-state index in [4.69, 9.17) is 9.26 Å². The van der Waals surface area contributed by atoms with Gasteiger partial charge in [0.2, 0.25) is 5.89 Å². The molecule has 0 aliphatic heterocycles. The van der Waals surface area contributed by atoms with E-state index in [1.165, 1.54) is 0 Å². The predicted octanol–water partition coefficient (Wildman–Crippen LogP) is 2.83. The summed E-state index contributed by atoms with van der Waals surface area (Å²) >= 11 is 0. The Hall–Kier alpha value is -2.44. The Morgan fingerprint density at radius 2 is 2.00 bits per heavy atom. The van der Waals surface area contributed by atoms with E-state index in [9.17, 15) is 4.79 Å². The van der Waals surface area contributed by atoms with Crippen LogP contribution in [0.15, 0.2) is 22.9 Å². The van der Waals surface area contributed by atoms with Crippen LogP contribution in [0.25, 0.3) is 0 Å². The minimum absolute atomic E-state index is 0.0661. The third-order valence-electron chi connectivity index (χ3n) is 4.55. The van der Waals surface area contributed by atoms with E-state index < -0.39 is 5.54 Å². The number of hydrogen-bond acceptors (Lipinski definition) is 6. The van der Waals surface area contributed by atoms with Crippen molar-refractivity contribution in [1.29, 1.82) is 0 Å². The van der Waals surface area contributed by atoms with Crippen molar-refractivity contribution in [2.24, 2.45) is 0 Å². The van der Waals surface area contributed by atoms with Crippen LogP contribution in [0, 0.1) is 13.8 Å². The van der Waals surface area contributed by atoms with Gasteiger partial charge in [-0.1, -0.05) is 30.8 Å². The lowest BCUT2D eigenvalue weighted by Crippen LogP contribution is -2.48. The summed E-state index contributed by atoms with van der Waals surface area (Å²) in [4.78, 5) is 21.1. The van der Waals surface area contributed by atoms with E-state index in [1.54, 1.807) is 19.2 Å². The lowest BCUT2D eigenvalue weighted by Gasteiger charge is -2.30. The van der Waals surface area contributed by atoms with E-state index in [0.29, 0.717) is 17.5 Å². The fourth-order valence-corrected chi connectivity index (χ4v) is 3.22. The molecule has 0 bridgehead atoms. The van der Waals surface area contributed by atoms with Gasteiger partial charge in [-0.2, -0.15) is 4.98 Å². The van der Waals surface area contributed by atoms with Crippen LogP contribution in [-0.4, -0.2) is 27.6 Å². The minimum atomic E-state index is -0.569. The molecule has 0 unspecified atom stereocenters. The summed E-state index contributed by atoms with van der Waals surface area (Å²) in [5.41, 5.74) is 0.335. The van der Waals surface area contributed by atoms with Crippen LogP contribution in [0.5, 0.6) is 5.75 Å². The SMILES string of the molecule is Cc1ccc(OCC(=O)NC2(c3noc(C)n3)CCCCCC2)cn1. The highest BCUT2D eigenvalue weighted by Crippen LogP contribution is 2.34. The molecule has 2 aromatic heterocycles. The van der Waals surface area contributed by atoms with Gasteiger partial charge in [-0.25, -0.2) is 0 Å². The summed E-state index contributed by atoms with van der Waals surface area (Å²) in [6, 6.07) is 3.65. The Morgan fingerprint density at radius 3 is 2.60 bits per heavy atom. The van der Waals surface area contributed by atoms with Gasteiger partial charge in [-0.15, -0.1) is 0 Å². The quantitative estimate of drug-likeness (QED) is 0.839. The number of carbonyl (C=O) groups excluding carboxylic acids is 1. The first-order chi connectivity index (χ1) is 12.1. The summed E-state index contributed by atoms with van der Waals surface area (Å²) < 4.78 is 10.7. The molecule has 3 rings (SSSR count). The molecule has 134 valence electrons. The summed E-state index contributed by atoms with van der Waals surface area (Å²) in [7, 11) is 0. The van der Waals surface area contributed by atoms with Gasteiger partial charge in [0.15, 0.2) is 12.4 Å². The molecule has 7 heteroatoms. The molecule has 1 aliphatic carbocycles. The average molecular weight is 344 g/mol. The van der Waals surface area contributed by atoms with E-state index in [2.05, 4.69) is 20.4 Å². The Kier molecular flexibility index (Phi) is 5.31. The van der Waals surface area contributed by atoms with Crippen molar-refractivity contribution in [3.8, 4) is 5.75 Å². The zero-order chi connectivity index (χ0) is 17.7. The summed E-state index contributed by atoms with van der Waals surface area (Å²) in [5, 5.41) is 7.20. The van der Waals surface area contributed by atoms with Crippen molar-refractivity contribution >= 4 is 5.91 Å². The van der Waals surface area contributed by atoms with Crippen LogP contribution < -0.4 is 10.1 Å². The second-order valence-electron chi connectivity index (χ2n) is 6.61. The summed E-state index contributed by atoms with van der Waals surface area (Å²) in [6.07, 6.45) is 7.59. The van der Waals surface area contributed by atoms with Crippen molar-refractivity contribution < 1.29 is 14.1 Å². The number of aryl methyl sites for hydroxylation is 2. The van der Waals surface area contributed by atoms with Gasteiger partial charge in [0.05, 0.1) is 6.20 Å². The third-order valence-corrected chi connectivity index (χ3v) is 4.55. The maximum Gasteiger partial charge on any atom is 0.258 e. The van der Waals surface area contributed by atoms with Gasteiger partial charge >= 0.3 is 0 Å². The first-order valence-electron chi connectivity index (χ1n) is 8.75. The van der Waals surface area contributed by atoms with Gasteiger partial charge in [0, 0.05) is 12.6 Å². The van der Waals surface area contributed by atoms with E-state index in [-0.39, 0.29) is 12.5 Å². The van der Waals surface area contributed by atoms with Crippen molar-refractivity contribution in [2.75, 3.05) is 6.61 Å². The highest BCUT2D eigenvalue weighted by molar-refractivity contribution is 5.78. The van der Waals surface area contributed by atoms with Gasteiger partial charge < -0.3 is 14.6 Å². The largest absolute Gasteiger partial charge is 0.482 e. The lowest BCUT2D eigenvalue weighted by molar-refractivity contribution is -0.125. The molecule has 25 heavy (non-hydrogen) atoms. The van der Waals surface area contributed by atoms with Crippen LogP contribution in [0.2, 0.25) is 0 Å². The number of nitrogens with one attached hydrogen (secondary N) is 1. The maximum absolute atomic E-state index is 12.5. The lowest BCUT2D eigenvalue weighted by atomic mass is 9.89. The molecule has 1 N–H and O–H groups in total. The Balaban J connectivity index is 1.69. The Bertz CT molecular complexity index is 703. The number of aromatic nitrogens is 3. The first kappa shape index (κ1) is 17.4. The molecule has 1 saturated carbocycles. The highest BCUT2D eigenvalue weighted by atomic mass is 16.5. The topological polar surface area (TPSA) is 90.1 Å². The van der Waals surface area contributed by atoms with Crippen molar-refractivity contribution in [2.45, 2.75) is 57.9 Å². The minimum Gasteiger partial charge on any atom is -0.482 e. The standard InChI is InChI=1S/C18H24N4O3/c1-13-7-8-15(11-19-13)24-12-16(23)21-18(9-5-3-4-6-10-18)17-20-14(2)25-22-17/h7-8,11H,3-6,9-10,12H2,1-2H3,(H,21,23). The monoisotopic (exact) mass is 344 g/mol. The van der Waals surface area contributed by atoms with Gasteiger partial charge in [-0.05, 0) is 31.9 Å². The summed E-state index contributed by atoms with van der Waals surface area (Å²) in [6.45, 7) is 3.60. The molecular weight excluding hydrogens is 320 g/mol. The van der Waals surface area contributed by atoms with Crippen LogP contribution in [0.3, 0.4) is 0 Å². The fourth-order valence-electron chi connectivity index (χ4n) is 3.22. The van der Waals surface area contributed by atoms with E-state index in [1.807, 2.05) is 13.0 Å². The van der Waals surface area contributed by atoms with Crippen molar-refractivity contribution in [1.82, 2.24) is 20.4 Å². The van der Waals surface area contributed by atoms with Crippen LogP contribution in [0.4, 0.5) is 0 Å². The molecular formula is C18H24N4O3. The maximum atomic E-state index is 12.5. The van der Waals surface area contributed by atoms with E-state index in [0.717, 1.165) is 44.2 Å². The van der Waals surface area contributed by atoms with Crippen LogP contribution in [0.1, 0.15) is 55.9 Å². The smallest absolute Gasteiger partial charge is 0.258 e. The molecule has 1 amide bonds. The molecule has 2 aromatic rings. The fraction of sp³-hybridized carbons (Fsp3) is 0.556. The second kappa shape index (κ2) is 7.63. The molecule has 1 fully saturated rings. The molecule has 0 saturated heterocycles. The van der Waals surface area contributed by atoms with E-state index >= 15 is 0 Å². The number of amides is 1. The summed E-state index contributed by atoms with van der Waals surface area (Å²) in [5.74, 6) is 1.46. The molecule has 1 aliphatic rings. The molecule has 2 heterocycles. The van der Waals surface area contributed by atoms with Crippen molar-refractivity contribution in [3.63, 3.8) is 0 Å². The van der Waals surface area contributed by atoms with Crippen molar-refractivity contribution in [3.05, 3.63) is 35.7 Å². The number of ether oxygens (including phenoxy) is 1. The van der Waals surface area contributed by atoms with Gasteiger partial charge in [0.1, 0.15) is 11.3 Å². The molecule has 0 atom stereocenters. The van der Waals surface area contributed by atoms with Gasteiger partial charge in [0.25, 0.3) is 5.91 Å². The molecule has 0 spiro atoms. The molecule has 0 radical (unpaired) electrons. The molecule has 7 nitrogen and oxygen atoms in total. The zero-order valence-corrected chi connectivity index (χ0v) is 14.7. The number of pyridine rings is 1. The Labute approximate surface area is 147 Å². The third kappa shape index (κ3) is 4.35. The number of carbonyl (C=O) groups is 1. The van der Waals surface area contributed by atoms with Crippen LogP contribution >= 0.6 is 0 Å². The Morgan fingerprint density at radius 1 is 1.24 bits per heavy atom. The van der Waals surface area contributed by atoms with Gasteiger partial charge in [-0.3, -0.25) is 9.78 Å². The number of nitrogens with zero attached hydrogens (tertiary/aromatic N) is 3. The number of rotatable bonds is 5. The average Bonchev–Trinajstić information content (AvgIpc) is 2.90. The number of hydrogen-bond donors (Lipinski definition) is 1. The van der Waals surface area contributed by atoms with Crippen LogP contribution in [-0.2, 0) is 10.3 Å². The highest BCUT2D eigenvalue weighted by Gasteiger charge is 2.38. The first-order valence-corrected chi connectivity index (χ1v) is 8.75. The zero-order valence-electron chi connectivity index (χ0n) is 14.7. The predicted molar refractivity (Wildman–Crippen MR) is 91.0 cm³/mol. The second-order valence-corrected chi connectivity index (χ2v) is 6.61. The molecule has 0 aromatic carbocycles. The normalized spacial score (nSPS) is 16.9.